The number of rotatable bonds is 7. The highest BCUT2D eigenvalue weighted by Gasteiger charge is 2.42. The van der Waals surface area contributed by atoms with Gasteiger partial charge in [0.25, 0.3) is 0 Å². The first kappa shape index (κ1) is 13.9. The molecule has 7 nitrogen and oxygen atoms in total. The molecule has 0 amide bonds. The van der Waals surface area contributed by atoms with Gasteiger partial charge in [-0.2, -0.15) is 0 Å². The van der Waals surface area contributed by atoms with Gasteiger partial charge in [0.15, 0.2) is 6.29 Å². The van der Waals surface area contributed by atoms with E-state index in [2.05, 4.69) is 10.0 Å². The van der Waals surface area contributed by atoms with Gasteiger partial charge in [-0.05, 0) is 17.6 Å². The summed E-state index contributed by atoms with van der Waals surface area (Å²) in [6.07, 6.45) is -0.859. The van der Waals surface area contributed by atoms with Crippen LogP contribution in [0.1, 0.15) is 6.92 Å². The van der Waals surface area contributed by atoms with Gasteiger partial charge in [0.05, 0.1) is 6.10 Å². The number of carbonyl (C=O) groups excluding carboxylic acids is 1. The van der Waals surface area contributed by atoms with Crippen molar-refractivity contribution in [2.24, 2.45) is 5.11 Å². The molecule has 0 radical (unpaired) electrons. The average molecular weight is 217 g/mol. The summed E-state index contributed by atoms with van der Waals surface area (Å²) in [5.74, 6) is 0. The lowest BCUT2D eigenvalue weighted by molar-refractivity contribution is -0.164. The van der Waals surface area contributed by atoms with Gasteiger partial charge in [-0.15, -0.1) is 0 Å². The topological polar surface area (TPSA) is 93.5 Å². The lowest BCUT2D eigenvalue weighted by Gasteiger charge is -2.32. The Morgan fingerprint density at radius 2 is 2.00 bits per heavy atom. The molecule has 0 aromatic heterocycles. The Balaban J connectivity index is 5.16. The number of nitrogens with zero attached hydrogens (tertiary/aromatic N) is 3. The molecule has 0 aromatic carbocycles. The maximum absolute atomic E-state index is 10.9. The third kappa shape index (κ3) is 2.90. The zero-order valence-electron chi connectivity index (χ0n) is 9.21. The number of carbonyl (C=O) groups is 1. The number of hydrogen-bond acceptors (Lipinski definition) is 5. The summed E-state index contributed by atoms with van der Waals surface area (Å²) in [5, 5.41) is 3.32. The second-order valence-electron chi connectivity index (χ2n) is 2.86. The molecule has 0 fully saturated rings. The Labute approximate surface area is 87.9 Å². The molecule has 0 aromatic rings. The van der Waals surface area contributed by atoms with E-state index in [0.29, 0.717) is 6.29 Å². The van der Waals surface area contributed by atoms with E-state index < -0.39 is 17.9 Å². The first-order valence-electron chi connectivity index (χ1n) is 4.25. The van der Waals surface area contributed by atoms with Crippen LogP contribution in [-0.4, -0.2) is 45.5 Å². The molecule has 0 N–H and O–H groups in total. The smallest absolute Gasteiger partial charge is 0.230 e. The Bertz CT molecular complexity index is 254. The summed E-state index contributed by atoms with van der Waals surface area (Å²) in [4.78, 5) is 13.5. The maximum Gasteiger partial charge on any atom is 0.230 e. The molecule has 0 aliphatic rings. The molecular formula is C8H15N3O4. The minimum Gasteiger partial charge on any atom is -0.379 e. The van der Waals surface area contributed by atoms with E-state index in [9.17, 15) is 4.79 Å². The van der Waals surface area contributed by atoms with Crippen LogP contribution in [0.15, 0.2) is 5.11 Å². The molecule has 0 saturated carbocycles. The number of methoxy groups -OCH3 is 3. The van der Waals surface area contributed by atoms with Crippen LogP contribution in [0.5, 0.6) is 0 Å². The van der Waals surface area contributed by atoms with Gasteiger partial charge < -0.3 is 14.2 Å². The van der Waals surface area contributed by atoms with Crippen LogP contribution in [0.25, 0.3) is 10.4 Å². The van der Waals surface area contributed by atoms with Crippen molar-refractivity contribution in [3.05, 3.63) is 10.4 Å². The minimum atomic E-state index is -1.70. The van der Waals surface area contributed by atoms with Crippen molar-refractivity contribution >= 4 is 6.29 Å². The van der Waals surface area contributed by atoms with Gasteiger partial charge in [0.2, 0.25) is 5.72 Å². The molecule has 7 heteroatoms. The van der Waals surface area contributed by atoms with E-state index in [4.69, 9.17) is 19.7 Å². The van der Waals surface area contributed by atoms with Crippen LogP contribution in [-0.2, 0) is 19.0 Å². The Morgan fingerprint density at radius 3 is 2.27 bits per heavy atom. The van der Waals surface area contributed by atoms with Crippen molar-refractivity contribution < 1.29 is 19.0 Å². The minimum absolute atomic E-state index is 0.399. The fourth-order valence-corrected chi connectivity index (χ4v) is 1.24. The quantitative estimate of drug-likeness (QED) is 0.274. The van der Waals surface area contributed by atoms with Crippen LogP contribution < -0.4 is 0 Å². The van der Waals surface area contributed by atoms with Crippen molar-refractivity contribution in [3.63, 3.8) is 0 Å². The van der Waals surface area contributed by atoms with E-state index in [-0.39, 0.29) is 0 Å². The Hall–Kier alpha value is -1.14. The largest absolute Gasteiger partial charge is 0.379 e. The molecule has 0 aliphatic carbocycles. The van der Waals surface area contributed by atoms with Crippen LogP contribution in [0, 0.1) is 0 Å². The van der Waals surface area contributed by atoms with Crippen molar-refractivity contribution in [1.29, 1.82) is 0 Å². The zero-order valence-corrected chi connectivity index (χ0v) is 9.21. The second kappa shape index (κ2) is 6.36. The highest BCUT2D eigenvalue weighted by molar-refractivity contribution is 5.63. The van der Waals surface area contributed by atoms with E-state index in [0.717, 1.165) is 0 Å². The first-order valence-corrected chi connectivity index (χ1v) is 4.25. The second-order valence-corrected chi connectivity index (χ2v) is 2.86. The number of ether oxygens (including phenoxy) is 3. The highest BCUT2D eigenvalue weighted by Crippen LogP contribution is 2.22. The third-order valence-electron chi connectivity index (χ3n) is 2.16. The van der Waals surface area contributed by atoms with Crippen LogP contribution in [0.3, 0.4) is 0 Å². The SMILES string of the molecule is CO[C@H](C)[C@H](OC)[C@@](C=O)(N=[N+]=[N-])OC. The van der Waals surface area contributed by atoms with Gasteiger partial charge in [0, 0.05) is 26.2 Å². The molecule has 86 valence electrons. The summed E-state index contributed by atoms with van der Waals surface area (Å²) >= 11 is 0. The van der Waals surface area contributed by atoms with Gasteiger partial charge in [-0.25, -0.2) is 0 Å². The molecular weight excluding hydrogens is 202 g/mol. The van der Waals surface area contributed by atoms with E-state index >= 15 is 0 Å². The Kier molecular flexibility index (Phi) is 5.88. The molecule has 0 bridgehead atoms. The summed E-state index contributed by atoms with van der Waals surface area (Å²) < 4.78 is 15.0. The molecule has 0 heterocycles. The summed E-state index contributed by atoms with van der Waals surface area (Å²) in [6, 6.07) is 0. The van der Waals surface area contributed by atoms with E-state index in [1.807, 2.05) is 0 Å². The first-order chi connectivity index (χ1) is 7.11. The molecule has 0 unspecified atom stereocenters. The normalized spacial score (nSPS) is 18.4. The molecule has 0 spiro atoms. The summed E-state index contributed by atoms with van der Waals surface area (Å²) in [5.41, 5.74) is 6.69. The van der Waals surface area contributed by atoms with Crippen molar-refractivity contribution in [3.8, 4) is 0 Å². The van der Waals surface area contributed by atoms with Gasteiger partial charge in [0.1, 0.15) is 6.10 Å². The fourth-order valence-electron chi connectivity index (χ4n) is 1.24. The van der Waals surface area contributed by atoms with Crippen LogP contribution in [0.4, 0.5) is 0 Å². The molecule has 3 atom stereocenters. The van der Waals surface area contributed by atoms with Crippen molar-refractivity contribution in [1.82, 2.24) is 0 Å². The molecule has 0 saturated heterocycles. The van der Waals surface area contributed by atoms with Gasteiger partial charge in [-0.1, -0.05) is 0 Å². The van der Waals surface area contributed by atoms with Crippen molar-refractivity contribution in [2.75, 3.05) is 21.3 Å². The zero-order chi connectivity index (χ0) is 11.9. The number of aldehydes is 1. The average Bonchev–Trinajstić information content (AvgIpc) is 2.28. The number of azide groups is 1. The monoisotopic (exact) mass is 217 g/mol. The van der Waals surface area contributed by atoms with Gasteiger partial charge in [-0.3, -0.25) is 4.79 Å². The number of hydrogen-bond donors (Lipinski definition) is 0. The third-order valence-corrected chi connectivity index (χ3v) is 2.16. The van der Waals surface area contributed by atoms with Crippen LogP contribution in [0.2, 0.25) is 0 Å². The van der Waals surface area contributed by atoms with Gasteiger partial charge >= 0.3 is 0 Å². The molecule has 15 heavy (non-hydrogen) atoms. The van der Waals surface area contributed by atoms with E-state index in [1.165, 1.54) is 21.3 Å². The standard InChI is InChI=1S/C8H15N3O4/c1-6(13-2)7(14-3)8(5-12,15-4)10-11-9/h5-7H,1-4H3/t6-,7+,8+/m1/s1. The molecule has 0 rings (SSSR count). The predicted molar refractivity (Wildman–Crippen MR) is 52.2 cm³/mol. The maximum atomic E-state index is 10.9. The lowest BCUT2D eigenvalue weighted by Crippen LogP contribution is -2.51. The van der Waals surface area contributed by atoms with Crippen LogP contribution >= 0.6 is 0 Å². The summed E-state index contributed by atoms with van der Waals surface area (Å²) in [7, 11) is 4.10. The van der Waals surface area contributed by atoms with E-state index in [1.54, 1.807) is 6.92 Å². The lowest BCUT2D eigenvalue weighted by atomic mass is 10.0. The Morgan fingerprint density at radius 1 is 1.40 bits per heavy atom. The molecule has 0 aliphatic heterocycles. The summed E-state index contributed by atoms with van der Waals surface area (Å²) in [6.45, 7) is 1.68. The van der Waals surface area contributed by atoms with Crippen molar-refractivity contribution in [2.45, 2.75) is 24.9 Å². The fraction of sp³-hybridized carbons (Fsp3) is 0.875. The highest BCUT2D eigenvalue weighted by atomic mass is 16.6. The predicted octanol–water partition coefficient (Wildman–Crippen LogP) is 0.888.